The van der Waals surface area contributed by atoms with Gasteiger partial charge in [-0.25, -0.2) is 0 Å². The highest BCUT2D eigenvalue weighted by molar-refractivity contribution is 9.10. The number of unbranched alkanes of at least 4 members (excludes halogenated alkanes) is 1. The summed E-state index contributed by atoms with van der Waals surface area (Å²) in [7, 11) is 0. The molecule has 4 N–H and O–H groups in total. The summed E-state index contributed by atoms with van der Waals surface area (Å²) in [6.07, 6.45) is 3.19. The number of carbonyl (C=O) groups is 3. The van der Waals surface area contributed by atoms with Crippen molar-refractivity contribution in [2.45, 2.75) is 37.8 Å². The van der Waals surface area contributed by atoms with E-state index in [0.717, 1.165) is 22.9 Å². The van der Waals surface area contributed by atoms with Crippen molar-refractivity contribution in [3.63, 3.8) is 0 Å². The average Bonchev–Trinajstić information content (AvgIpc) is 3.47. The summed E-state index contributed by atoms with van der Waals surface area (Å²) in [4.78, 5) is 44.6. The zero-order valence-corrected chi connectivity index (χ0v) is 20.7. The number of aromatic hydroxyl groups is 1. The van der Waals surface area contributed by atoms with Gasteiger partial charge in [0.05, 0.1) is 11.8 Å². The van der Waals surface area contributed by atoms with Crippen molar-refractivity contribution < 1.29 is 24.6 Å². The molecule has 0 aliphatic carbocycles. The quantitative estimate of drug-likeness (QED) is 0.339. The van der Waals surface area contributed by atoms with Crippen molar-refractivity contribution in [2.24, 2.45) is 11.8 Å². The number of H-pyrrole nitrogens is 1. The van der Waals surface area contributed by atoms with Crippen LogP contribution in [0.25, 0.3) is 10.9 Å². The van der Waals surface area contributed by atoms with E-state index in [9.17, 15) is 24.6 Å². The minimum atomic E-state index is -1.73. The number of likely N-dealkylation sites (tertiary alicyclic amines) is 1. The molecule has 5 rings (SSSR count). The maximum atomic E-state index is 13.7. The molecule has 2 fully saturated rings. The van der Waals surface area contributed by atoms with Gasteiger partial charge < -0.3 is 15.2 Å². The number of amides is 2. The van der Waals surface area contributed by atoms with Crippen molar-refractivity contribution >= 4 is 44.6 Å². The first-order valence-corrected chi connectivity index (χ1v) is 12.5. The Balaban J connectivity index is 1.66. The molecule has 9 heteroatoms. The first-order chi connectivity index (χ1) is 16.8. The van der Waals surface area contributed by atoms with Gasteiger partial charge in [0, 0.05) is 46.1 Å². The molecule has 182 valence electrons. The second kappa shape index (κ2) is 8.80. The molecule has 3 heterocycles. The first-order valence-electron chi connectivity index (χ1n) is 11.7. The molecule has 0 bridgehead atoms. The van der Waals surface area contributed by atoms with Crippen LogP contribution in [0.5, 0.6) is 5.75 Å². The number of hydrogen-bond donors (Lipinski definition) is 4. The number of phenols is 1. The summed E-state index contributed by atoms with van der Waals surface area (Å²) >= 11 is 3.40. The van der Waals surface area contributed by atoms with E-state index in [1.54, 1.807) is 18.3 Å². The fourth-order valence-corrected chi connectivity index (χ4v) is 6.03. The van der Waals surface area contributed by atoms with Crippen LogP contribution in [-0.4, -0.2) is 50.0 Å². The molecule has 4 unspecified atom stereocenters. The number of para-hydroxylation sites is 1. The van der Waals surface area contributed by atoms with Crippen LogP contribution in [0, 0.1) is 11.8 Å². The summed E-state index contributed by atoms with van der Waals surface area (Å²) in [5, 5.41) is 25.3. The van der Waals surface area contributed by atoms with E-state index in [1.165, 1.54) is 11.0 Å². The maximum absolute atomic E-state index is 13.7. The number of imide groups is 1. The highest BCUT2D eigenvalue weighted by Crippen LogP contribution is 2.52. The van der Waals surface area contributed by atoms with E-state index in [-0.39, 0.29) is 18.7 Å². The van der Waals surface area contributed by atoms with Crippen LogP contribution >= 0.6 is 15.9 Å². The lowest BCUT2D eigenvalue weighted by atomic mass is 9.76. The van der Waals surface area contributed by atoms with Crippen LogP contribution in [0.15, 0.2) is 53.1 Å². The van der Waals surface area contributed by atoms with Gasteiger partial charge in [-0.3, -0.25) is 24.6 Å². The number of carboxylic acid groups (broad SMARTS) is 1. The standard InChI is InChI=1S/C26H26BrN3O5/c1-2-3-10-30-23(32)20-21(24(30)33)26(25(34)35,12-14-13-28-18-7-5-4-6-16(14)18)29-22(20)17-11-15(27)8-9-19(17)31/h4-9,11,13,20-22,28-29,31H,2-3,10,12H2,1H3,(H,34,35). The summed E-state index contributed by atoms with van der Waals surface area (Å²) < 4.78 is 0.674. The fourth-order valence-electron chi connectivity index (χ4n) is 5.65. The Morgan fingerprint density at radius 3 is 2.69 bits per heavy atom. The largest absolute Gasteiger partial charge is 0.508 e. The number of carboxylic acids is 1. The van der Waals surface area contributed by atoms with Crippen LogP contribution in [0.3, 0.4) is 0 Å². The van der Waals surface area contributed by atoms with E-state index in [4.69, 9.17) is 0 Å². The maximum Gasteiger partial charge on any atom is 0.325 e. The summed E-state index contributed by atoms with van der Waals surface area (Å²) in [5.41, 5.74) is 0.246. The molecular weight excluding hydrogens is 514 g/mol. The number of fused-ring (bicyclic) bond motifs is 2. The molecule has 2 aliphatic rings. The van der Waals surface area contributed by atoms with E-state index in [1.807, 2.05) is 31.2 Å². The number of carbonyl (C=O) groups excluding carboxylic acids is 2. The molecule has 1 aromatic heterocycles. The Hall–Kier alpha value is -3.17. The predicted molar refractivity (Wildman–Crippen MR) is 133 cm³/mol. The van der Waals surface area contributed by atoms with Gasteiger partial charge in [-0.2, -0.15) is 0 Å². The lowest BCUT2D eigenvalue weighted by Gasteiger charge is -2.31. The topological polar surface area (TPSA) is 123 Å². The number of phenolic OH excluding ortho intramolecular Hbond substituents is 1. The summed E-state index contributed by atoms with van der Waals surface area (Å²) in [6, 6.07) is 11.5. The highest BCUT2D eigenvalue weighted by atomic mass is 79.9. The Morgan fingerprint density at radius 2 is 1.94 bits per heavy atom. The van der Waals surface area contributed by atoms with Crippen LogP contribution in [0.1, 0.15) is 36.9 Å². The van der Waals surface area contributed by atoms with Gasteiger partial charge >= 0.3 is 5.97 Å². The van der Waals surface area contributed by atoms with Gasteiger partial charge in [0.15, 0.2) is 0 Å². The van der Waals surface area contributed by atoms with E-state index in [2.05, 4.69) is 26.2 Å². The molecule has 2 aromatic carbocycles. The van der Waals surface area contributed by atoms with Crippen LogP contribution < -0.4 is 5.32 Å². The second-order valence-electron chi connectivity index (χ2n) is 9.32. The summed E-state index contributed by atoms with van der Waals surface area (Å²) in [5.74, 6) is -4.19. The van der Waals surface area contributed by atoms with Gasteiger partial charge in [-0.05, 0) is 36.2 Å². The number of nitrogens with zero attached hydrogens (tertiary/aromatic N) is 1. The van der Waals surface area contributed by atoms with Crippen LogP contribution in [-0.2, 0) is 20.8 Å². The van der Waals surface area contributed by atoms with Gasteiger partial charge in [0.2, 0.25) is 11.8 Å². The van der Waals surface area contributed by atoms with Crippen molar-refractivity contribution in [1.29, 1.82) is 0 Å². The van der Waals surface area contributed by atoms with Crippen molar-refractivity contribution in [3.05, 3.63) is 64.3 Å². The minimum absolute atomic E-state index is 0.000579. The van der Waals surface area contributed by atoms with E-state index >= 15 is 0 Å². The van der Waals surface area contributed by atoms with Gasteiger partial charge in [0.1, 0.15) is 11.3 Å². The third-order valence-electron chi connectivity index (χ3n) is 7.33. The predicted octanol–water partition coefficient (Wildman–Crippen LogP) is 3.75. The number of aromatic nitrogens is 1. The van der Waals surface area contributed by atoms with Crippen molar-refractivity contribution in [1.82, 2.24) is 15.2 Å². The SMILES string of the molecule is CCCCN1C(=O)C2C(c3cc(Br)ccc3O)NC(Cc3c[nH]c4ccccc34)(C(=O)O)C2C1=O. The lowest BCUT2D eigenvalue weighted by molar-refractivity contribution is -0.151. The Labute approximate surface area is 210 Å². The molecule has 35 heavy (non-hydrogen) atoms. The van der Waals surface area contributed by atoms with Crippen molar-refractivity contribution in [2.75, 3.05) is 6.54 Å². The Kier molecular flexibility index (Phi) is 5.93. The Morgan fingerprint density at radius 1 is 1.17 bits per heavy atom. The molecule has 3 aromatic rings. The average molecular weight is 540 g/mol. The zero-order valence-electron chi connectivity index (χ0n) is 19.1. The van der Waals surface area contributed by atoms with E-state index in [0.29, 0.717) is 16.5 Å². The van der Waals surface area contributed by atoms with Gasteiger partial charge in [0.25, 0.3) is 0 Å². The lowest BCUT2D eigenvalue weighted by Crippen LogP contribution is -2.57. The fraction of sp³-hybridized carbons (Fsp3) is 0.346. The van der Waals surface area contributed by atoms with Gasteiger partial charge in [-0.15, -0.1) is 0 Å². The van der Waals surface area contributed by atoms with E-state index < -0.39 is 41.2 Å². The first kappa shape index (κ1) is 23.6. The Bertz CT molecular complexity index is 1340. The molecule has 2 aliphatic heterocycles. The molecule has 0 spiro atoms. The molecule has 2 saturated heterocycles. The zero-order chi connectivity index (χ0) is 24.9. The van der Waals surface area contributed by atoms with Crippen LogP contribution in [0.2, 0.25) is 0 Å². The molecule has 0 saturated carbocycles. The number of aliphatic carboxylic acids is 1. The van der Waals surface area contributed by atoms with Crippen molar-refractivity contribution in [3.8, 4) is 5.75 Å². The molecule has 8 nitrogen and oxygen atoms in total. The number of rotatable bonds is 7. The molecule has 2 amide bonds. The van der Waals surface area contributed by atoms with Gasteiger partial charge in [-0.1, -0.05) is 47.5 Å². The number of hydrogen-bond acceptors (Lipinski definition) is 5. The number of halogens is 1. The normalized spacial score (nSPS) is 26.0. The molecule has 0 radical (unpaired) electrons. The number of aromatic amines is 1. The molecule has 4 atom stereocenters. The summed E-state index contributed by atoms with van der Waals surface area (Å²) in [6.45, 7) is 2.22. The third-order valence-corrected chi connectivity index (χ3v) is 7.82. The monoisotopic (exact) mass is 539 g/mol. The third kappa shape index (κ3) is 3.65. The minimum Gasteiger partial charge on any atom is -0.508 e. The number of benzene rings is 2. The molecular formula is C26H26BrN3O5. The number of nitrogens with one attached hydrogen (secondary N) is 2. The van der Waals surface area contributed by atoms with Crippen LogP contribution in [0.4, 0.5) is 0 Å². The second-order valence-corrected chi connectivity index (χ2v) is 10.2. The highest BCUT2D eigenvalue weighted by Gasteiger charge is 2.68. The smallest absolute Gasteiger partial charge is 0.325 e.